The predicted molar refractivity (Wildman–Crippen MR) is 106 cm³/mol. The lowest BCUT2D eigenvalue weighted by molar-refractivity contribution is 0.590. The molecule has 1 aromatic carbocycles. The number of aryl methyl sites for hydroxylation is 1. The van der Waals surface area contributed by atoms with Crippen LogP contribution in [0, 0.1) is 6.92 Å². The van der Waals surface area contributed by atoms with Crippen LogP contribution in [0.3, 0.4) is 0 Å². The van der Waals surface area contributed by atoms with Crippen molar-refractivity contribution >= 4 is 27.3 Å². The molecule has 0 spiro atoms. The molecule has 0 bridgehead atoms. The van der Waals surface area contributed by atoms with E-state index in [9.17, 15) is 8.42 Å². The summed E-state index contributed by atoms with van der Waals surface area (Å²) in [4.78, 5) is 8.86. The van der Waals surface area contributed by atoms with Crippen LogP contribution >= 0.6 is 0 Å². The Morgan fingerprint density at radius 3 is 2.38 bits per heavy atom. The molecular formula is C19H26N4O2S. The lowest BCUT2D eigenvalue weighted by Gasteiger charge is -2.19. The summed E-state index contributed by atoms with van der Waals surface area (Å²) < 4.78 is 23.2. The molecule has 1 unspecified atom stereocenters. The molecule has 1 aliphatic heterocycles. The average molecular weight is 375 g/mol. The van der Waals surface area contributed by atoms with Gasteiger partial charge in [0.2, 0.25) is 5.95 Å². The Bertz CT molecular complexity index is 887. The lowest BCUT2D eigenvalue weighted by atomic mass is 9.87. The zero-order valence-corrected chi connectivity index (χ0v) is 16.5. The maximum Gasteiger partial charge on any atom is 0.225 e. The van der Waals surface area contributed by atoms with E-state index in [1.54, 1.807) is 0 Å². The fourth-order valence-electron chi connectivity index (χ4n) is 2.99. The first kappa shape index (κ1) is 18.6. The zero-order valence-electron chi connectivity index (χ0n) is 15.7. The second-order valence-electron chi connectivity index (χ2n) is 7.91. The van der Waals surface area contributed by atoms with Gasteiger partial charge in [0.05, 0.1) is 11.5 Å². The van der Waals surface area contributed by atoms with Crippen LogP contribution in [0.5, 0.6) is 0 Å². The van der Waals surface area contributed by atoms with Crippen LogP contribution in [0.15, 0.2) is 30.3 Å². The van der Waals surface area contributed by atoms with Crippen molar-refractivity contribution in [3.8, 4) is 0 Å². The Hall–Kier alpha value is -2.15. The zero-order chi connectivity index (χ0) is 18.9. The molecule has 2 aromatic rings. The number of aromatic nitrogens is 2. The maximum absolute atomic E-state index is 11.6. The molecule has 0 amide bonds. The van der Waals surface area contributed by atoms with Gasteiger partial charge in [0.25, 0.3) is 0 Å². The van der Waals surface area contributed by atoms with E-state index in [0.717, 1.165) is 11.4 Å². The summed E-state index contributed by atoms with van der Waals surface area (Å²) in [6, 6.07) is 10.0. The van der Waals surface area contributed by atoms with Gasteiger partial charge in [-0.15, -0.1) is 0 Å². The van der Waals surface area contributed by atoms with Crippen LogP contribution in [-0.2, 0) is 15.3 Å². The monoisotopic (exact) mass is 374 g/mol. The lowest BCUT2D eigenvalue weighted by Crippen LogP contribution is -2.22. The Balaban J connectivity index is 1.73. The van der Waals surface area contributed by atoms with Crippen molar-refractivity contribution in [3.63, 3.8) is 0 Å². The van der Waals surface area contributed by atoms with E-state index >= 15 is 0 Å². The number of hydrogen-bond acceptors (Lipinski definition) is 6. The van der Waals surface area contributed by atoms with Crippen LogP contribution < -0.4 is 10.6 Å². The molecule has 26 heavy (non-hydrogen) atoms. The van der Waals surface area contributed by atoms with Crippen molar-refractivity contribution in [2.75, 3.05) is 22.1 Å². The number of hydrogen-bond donors (Lipinski definition) is 2. The predicted octanol–water partition coefficient (Wildman–Crippen LogP) is 3.43. The van der Waals surface area contributed by atoms with E-state index in [1.807, 2.05) is 25.1 Å². The first-order valence-corrected chi connectivity index (χ1v) is 10.6. The van der Waals surface area contributed by atoms with E-state index < -0.39 is 9.84 Å². The van der Waals surface area contributed by atoms with Gasteiger partial charge in [-0.1, -0.05) is 32.9 Å². The van der Waals surface area contributed by atoms with Gasteiger partial charge in [-0.3, -0.25) is 0 Å². The van der Waals surface area contributed by atoms with Crippen LogP contribution in [0.4, 0.5) is 17.5 Å². The fraction of sp³-hybridized carbons (Fsp3) is 0.474. The minimum absolute atomic E-state index is 0.114. The third-order valence-electron chi connectivity index (χ3n) is 4.44. The highest BCUT2D eigenvalue weighted by Crippen LogP contribution is 2.25. The number of rotatable bonds is 4. The van der Waals surface area contributed by atoms with E-state index in [4.69, 9.17) is 0 Å². The molecule has 140 valence electrons. The van der Waals surface area contributed by atoms with Gasteiger partial charge in [0.15, 0.2) is 9.84 Å². The summed E-state index contributed by atoms with van der Waals surface area (Å²) in [5.41, 5.74) is 3.15. The van der Waals surface area contributed by atoms with Gasteiger partial charge >= 0.3 is 0 Å². The first-order chi connectivity index (χ1) is 12.1. The third-order valence-corrected chi connectivity index (χ3v) is 6.21. The largest absolute Gasteiger partial charge is 0.350 e. The molecule has 1 aromatic heterocycles. The maximum atomic E-state index is 11.6. The molecule has 1 fully saturated rings. The highest BCUT2D eigenvalue weighted by atomic mass is 32.2. The standard InChI is InChI=1S/C19H26N4O2S/c1-13-11-17(21-15-7-5-14(6-8-15)19(2,3)4)23-18(20-13)22-16-9-10-26(24,25)12-16/h5-8,11,16H,9-10,12H2,1-4H3,(H2,20,21,22,23). The van der Waals surface area contributed by atoms with Crippen molar-refractivity contribution < 1.29 is 8.42 Å². The average Bonchev–Trinajstić information content (AvgIpc) is 2.85. The minimum atomic E-state index is -2.93. The summed E-state index contributed by atoms with van der Waals surface area (Å²) >= 11 is 0. The molecule has 1 atom stereocenters. The molecular weight excluding hydrogens is 348 g/mol. The number of benzene rings is 1. The Labute approximate surface area is 155 Å². The SMILES string of the molecule is Cc1cc(Nc2ccc(C(C)(C)C)cc2)nc(NC2CCS(=O)(=O)C2)n1. The number of nitrogens with zero attached hydrogens (tertiary/aromatic N) is 2. The quantitative estimate of drug-likeness (QED) is 0.853. The van der Waals surface area contributed by atoms with Crippen molar-refractivity contribution in [1.29, 1.82) is 0 Å². The van der Waals surface area contributed by atoms with Gasteiger partial charge in [0, 0.05) is 23.5 Å². The summed E-state index contributed by atoms with van der Waals surface area (Å²) in [5.74, 6) is 1.51. The number of nitrogens with one attached hydrogen (secondary N) is 2. The molecule has 1 saturated heterocycles. The van der Waals surface area contributed by atoms with Gasteiger partial charge in [-0.2, -0.15) is 4.98 Å². The molecule has 6 nitrogen and oxygen atoms in total. The van der Waals surface area contributed by atoms with Gasteiger partial charge in [0.1, 0.15) is 5.82 Å². The summed E-state index contributed by atoms with van der Waals surface area (Å²) in [5, 5.41) is 6.45. The number of anilines is 3. The molecule has 7 heteroatoms. The molecule has 2 heterocycles. The van der Waals surface area contributed by atoms with Crippen molar-refractivity contribution in [1.82, 2.24) is 9.97 Å². The highest BCUT2D eigenvalue weighted by Gasteiger charge is 2.28. The Morgan fingerprint density at radius 2 is 1.81 bits per heavy atom. The van der Waals surface area contributed by atoms with Crippen LogP contribution in [-0.4, -0.2) is 35.9 Å². The number of sulfone groups is 1. The van der Waals surface area contributed by atoms with E-state index in [-0.39, 0.29) is 23.0 Å². The minimum Gasteiger partial charge on any atom is -0.350 e. The van der Waals surface area contributed by atoms with E-state index in [2.05, 4.69) is 53.5 Å². The van der Waals surface area contributed by atoms with Crippen LogP contribution in [0.2, 0.25) is 0 Å². The molecule has 0 radical (unpaired) electrons. The highest BCUT2D eigenvalue weighted by molar-refractivity contribution is 7.91. The Kier molecular flexibility index (Phi) is 4.92. The van der Waals surface area contributed by atoms with Crippen LogP contribution in [0.1, 0.15) is 38.4 Å². The molecule has 0 aliphatic carbocycles. The third kappa shape index (κ3) is 4.72. The van der Waals surface area contributed by atoms with Crippen molar-refractivity contribution in [3.05, 3.63) is 41.6 Å². The molecule has 0 saturated carbocycles. The second-order valence-corrected chi connectivity index (χ2v) is 10.1. The second kappa shape index (κ2) is 6.87. The summed E-state index contributed by atoms with van der Waals surface area (Å²) in [6.07, 6.45) is 0.594. The molecule has 2 N–H and O–H groups in total. The molecule has 3 rings (SSSR count). The van der Waals surface area contributed by atoms with E-state index in [1.165, 1.54) is 5.56 Å². The molecule has 1 aliphatic rings. The van der Waals surface area contributed by atoms with Gasteiger partial charge in [-0.25, -0.2) is 13.4 Å². The summed E-state index contributed by atoms with van der Waals surface area (Å²) in [6.45, 7) is 8.45. The fourth-order valence-corrected chi connectivity index (χ4v) is 4.66. The van der Waals surface area contributed by atoms with E-state index in [0.29, 0.717) is 18.2 Å². The van der Waals surface area contributed by atoms with Gasteiger partial charge < -0.3 is 10.6 Å². The van der Waals surface area contributed by atoms with Crippen molar-refractivity contribution in [2.45, 2.75) is 45.6 Å². The smallest absolute Gasteiger partial charge is 0.225 e. The van der Waals surface area contributed by atoms with Crippen LogP contribution in [0.25, 0.3) is 0 Å². The first-order valence-electron chi connectivity index (χ1n) is 8.81. The van der Waals surface area contributed by atoms with Crippen molar-refractivity contribution in [2.24, 2.45) is 0 Å². The Morgan fingerprint density at radius 1 is 1.12 bits per heavy atom. The summed E-state index contributed by atoms with van der Waals surface area (Å²) in [7, 11) is -2.93. The normalized spacial score (nSPS) is 19.3. The topological polar surface area (TPSA) is 84.0 Å². The van der Waals surface area contributed by atoms with Gasteiger partial charge in [-0.05, 0) is 36.5 Å².